The highest BCUT2D eigenvalue weighted by Gasteiger charge is 2.52. The molecule has 0 unspecified atom stereocenters. The minimum atomic E-state index is -0.808. The first kappa shape index (κ1) is 21.0. The highest BCUT2D eigenvalue weighted by atomic mass is 19.1. The topological polar surface area (TPSA) is 96.3 Å². The maximum atomic E-state index is 14.0. The van der Waals surface area contributed by atoms with Gasteiger partial charge < -0.3 is 10.6 Å². The van der Waals surface area contributed by atoms with Crippen LogP contribution in [0.3, 0.4) is 0 Å². The van der Waals surface area contributed by atoms with Crippen LogP contribution in [-0.2, 0) is 16.1 Å². The third-order valence-electron chi connectivity index (χ3n) is 5.87. The fraction of sp³-hybridized carbons (Fsp3) is 0.429. The summed E-state index contributed by atoms with van der Waals surface area (Å²) in [4.78, 5) is 38.5. The Balaban J connectivity index is 1.40. The lowest BCUT2D eigenvalue weighted by atomic mass is 9.98. The van der Waals surface area contributed by atoms with E-state index in [0.29, 0.717) is 24.2 Å². The Morgan fingerprint density at radius 3 is 2.74 bits per heavy atom. The van der Waals surface area contributed by atoms with Gasteiger partial charge in [0.15, 0.2) is 0 Å². The molecule has 2 heterocycles. The number of nitrogens with one attached hydrogen (secondary N) is 2. The number of halogens is 2. The summed E-state index contributed by atoms with van der Waals surface area (Å²) in [7, 11) is 0. The zero-order valence-electron chi connectivity index (χ0n) is 17.1. The zero-order chi connectivity index (χ0) is 22.2. The van der Waals surface area contributed by atoms with Gasteiger partial charge in [0.05, 0.1) is 12.7 Å². The number of imide groups is 1. The average Bonchev–Trinajstić information content (AvgIpc) is 3.39. The molecule has 0 radical (unpaired) electrons. The number of carbonyl (C=O) groups is 3. The van der Waals surface area contributed by atoms with Crippen molar-refractivity contribution >= 4 is 23.7 Å². The van der Waals surface area contributed by atoms with Crippen molar-refractivity contribution in [2.24, 2.45) is 0 Å². The Morgan fingerprint density at radius 2 is 2.00 bits per heavy atom. The first-order chi connectivity index (χ1) is 14.8. The van der Waals surface area contributed by atoms with E-state index >= 15 is 0 Å². The van der Waals surface area contributed by atoms with Crippen LogP contribution in [0.2, 0.25) is 0 Å². The van der Waals surface area contributed by atoms with E-state index in [4.69, 9.17) is 0 Å². The van der Waals surface area contributed by atoms with E-state index in [9.17, 15) is 23.2 Å². The minimum absolute atomic E-state index is 0.0377. The lowest BCUT2D eigenvalue weighted by Crippen LogP contribution is -2.44. The summed E-state index contributed by atoms with van der Waals surface area (Å²) in [5, 5.41) is 9.61. The predicted molar refractivity (Wildman–Crippen MR) is 107 cm³/mol. The van der Waals surface area contributed by atoms with E-state index < -0.39 is 29.1 Å². The van der Waals surface area contributed by atoms with Gasteiger partial charge in [0.2, 0.25) is 5.91 Å². The van der Waals surface area contributed by atoms with E-state index in [0.717, 1.165) is 35.9 Å². The molecule has 1 spiro atoms. The maximum absolute atomic E-state index is 14.0. The van der Waals surface area contributed by atoms with Crippen molar-refractivity contribution in [2.45, 2.75) is 51.1 Å². The minimum Gasteiger partial charge on any atom is -0.323 e. The number of amides is 4. The van der Waals surface area contributed by atoms with Crippen molar-refractivity contribution < 1.29 is 23.2 Å². The number of aromatic nitrogens is 2. The van der Waals surface area contributed by atoms with Crippen molar-refractivity contribution in [3.8, 4) is 0 Å². The van der Waals surface area contributed by atoms with Crippen molar-refractivity contribution in [3.05, 3.63) is 47.2 Å². The third-order valence-corrected chi connectivity index (χ3v) is 5.87. The van der Waals surface area contributed by atoms with Crippen LogP contribution in [-0.4, -0.2) is 44.6 Å². The molecule has 2 aliphatic rings. The van der Waals surface area contributed by atoms with E-state index in [-0.39, 0.29) is 31.0 Å². The standard InChI is InChI=1S/C21H23F2N5O3/c1-13-11-24-28(12-14-10-15(22)4-5-16(14)23)18(13)25-17(29)6-9-27-19(30)21(26-20(27)31)7-2-3-8-21/h4-5,10-11H,2-3,6-9,12H2,1H3,(H,25,29)(H,26,31). The van der Waals surface area contributed by atoms with Gasteiger partial charge in [0, 0.05) is 24.1 Å². The van der Waals surface area contributed by atoms with Crippen LogP contribution in [0.4, 0.5) is 19.4 Å². The van der Waals surface area contributed by atoms with Crippen LogP contribution >= 0.6 is 0 Å². The van der Waals surface area contributed by atoms with Crippen LogP contribution in [0.25, 0.3) is 0 Å². The summed E-state index contributed by atoms with van der Waals surface area (Å²) >= 11 is 0. The average molecular weight is 431 g/mol. The molecule has 1 aromatic carbocycles. The van der Waals surface area contributed by atoms with Crippen molar-refractivity contribution in [1.82, 2.24) is 20.0 Å². The first-order valence-corrected chi connectivity index (χ1v) is 10.2. The molecule has 1 aliphatic heterocycles. The Labute approximate surface area is 177 Å². The number of carbonyl (C=O) groups excluding carboxylic acids is 3. The van der Waals surface area contributed by atoms with Gasteiger partial charge in [-0.25, -0.2) is 18.3 Å². The smallest absolute Gasteiger partial charge is 0.323 e. The first-order valence-electron chi connectivity index (χ1n) is 10.2. The van der Waals surface area contributed by atoms with Crippen LogP contribution in [0.5, 0.6) is 0 Å². The molecule has 2 aromatic rings. The Bertz CT molecular complexity index is 1050. The normalized spacial score (nSPS) is 17.5. The van der Waals surface area contributed by atoms with Crippen LogP contribution in [0, 0.1) is 18.6 Å². The number of rotatable bonds is 6. The van der Waals surface area contributed by atoms with Gasteiger partial charge in [-0.2, -0.15) is 5.10 Å². The number of aryl methyl sites for hydroxylation is 1. The zero-order valence-corrected chi connectivity index (χ0v) is 17.1. The number of benzene rings is 1. The summed E-state index contributed by atoms with van der Waals surface area (Å²) in [5.74, 6) is -1.49. The Morgan fingerprint density at radius 1 is 1.26 bits per heavy atom. The molecule has 164 valence electrons. The summed E-state index contributed by atoms with van der Waals surface area (Å²) in [6, 6.07) is 2.67. The van der Waals surface area contributed by atoms with E-state index in [2.05, 4.69) is 15.7 Å². The molecule has 10 heteroatoms. The quantitative estimate of drug-likeness (QED) is 0.688. The van der Waals surface area contributed by atoms with Gasteiger partial charge in [0.25, 0.3) is 5.91 Å². The molecule has 1 aliphatic carbocycles. The molecule has 8 nitrogen and oxygen atoms in total. The molecule has 2 fully saturated rings. The second-order valence-corrected chi connectivity index (χ2v) is 8.04. The second kappa shape index (κ2) is 8.09. The molecule has 31 heavy (non-hydrogen) atoms. The van der Waals surface area contributed by atoms with Crippen LogP contribution in [0.1, 0.15) is 43.2 Å². The molecule has 4 amide bonds. The fourth-order valence-corrected chi connectivity index (χ4v) is 4.19. The van der Waals surface area contributed by atoms with Crippen LogP contribution in [0.15, 0.2) is 24.4 Å². The van der Waals surface area contributed by atoms with Gasteiger partial charge in [-0.3, -0.25) is 14.5 Å². The maximum Gasteiger partial charge on any atom is 0.325 e. The molecular formula is C21H23F2N5O3. The fourth-order valence-electron chi connectivity index (χ4n) is 4.19. The molecule has 1 aromatic heterocycles. The third kappa shape index (κ3) is 4.01. The van der Waals surface area contributed by atoms with Gasteiger partial charge in [-0.1, -0.05) is 12.8 Å². The number of hydrogen-bond acceptors (Lipinski definition) is 4. The van der Waals surface area contributed by atoms with Gasteiger partial charge in [-0.05, 0) is 38.0 Å². The largest absolute Gasteiger partial charge is 0.325 e. The molecule has 1 saturated heterocycles. The number of nitrogens with zero attached hydrogens (tertiary/aromatic N) is 3. The van der Waals surface area contributed by atoms with Crippen molar-refractivity contribution in [1.29, 1.82) is 0 Å². The molecule has 0 bridgehead atoms. The molecule has 0 atom stereocenters. The Hall–Kier alpha value is -3.30. The number of anilines is 1. The van der Waals surface area contributed by atoms with Gasteiger partial charge in [0.1, 0.15) is 23.0 Å². The summed E-state index contributed by atoms with van der Waals surface area (Å²) in [5.41, 5.74) is -0.0671. The number of urea groups is 1. The highest BCUT2D eigenvalue weighted by molar-refractivity contribution is 6.07. The predicted octanol–water partition coefficient (Wildman–Crippen LogP) is 2.71. The van der Waals surface area contributed by atoms with Gasteiger partial charge >= 0.3 is 6.03 Å². The van der Waals surface area contributed by atoms with Crippen LogP contribution < -0.4 is 10.6 Å². The summed E-state index contributed by atoms with van der Waals surface area (Å²) in [6.07, 6.45) is 4.43. The second-order valence-electron chi connectivity index (χ2n) is 8.04. The molecular weight excluding hydrogens is 408 g/mol. The van der Waals surface area contributed by atoms with E-state index in [1.165, 1.54) is 10.9 Å². The van der Waals surface area contributed by atoms with E-state index in [1.807, 2.05) is 0 Å². The Kier molecular flexibility index (Phi) is 5.47. The summed E-state index contributed by atoms with van der Waals surface area (Å²) < 4.78 is 28.8. The number of hydrogen-bond donors (Lipinski definition) is 2. The highest BCUT2D eigenvalue weighted by Crippen LogP contribution is 2.35. The monoisotopic (exact) mass is 431 g/mol. The molecule has 4 rings (SSSR count). The lowest BCUT2D eigenvalue weighted by Gasteiger charge is -2.20. The lowest BCUT2D eigenvalue weighted by molar-refractivity contribution is -0.131. The van der Waals surface area contributed by atoms with E-state index in [1.54, 1.807) is 6.92 Å². The van der Waals surface area contributed by atoms with Gasteiger partial charge in [-0.15, -0.1) is 0 Å². The van der Waals surface area contributed by atoms with Crippen molar-refractivity contribution in [3.63, 3.8) is 0 Å². The SMILES string of the molecule is Cc1cnn(Cc2cc(F)ccc2F)c1NC(=O)CCN1C(=O)NC2(CCCC2)C1=O. The molecule has 1 saturated carbocycles. The molecule has 2 N–H and O–H groups in total. The van der Waals surface area contributed by atoms with Crippen molar-refractivity contribution in [2.75, 3.05) is 11.9 Å². The summed E-state index contributed by atoms with van der Waals surface area (Å²) in [6.45, 7) is 1.62.